The van der Waals surface area contributed by atoms with Crippen LogP contribution in [-0.2, 0) is 10.1 Å². The van der Waals surface area contributed by atoms with E-state index < -0.39 is 21.4 Å². The highest BCUT2D eigenvalue weighted by Crippen LogP contribution is 2.36. The van der Waals surface area contributed by atoms with Gasteiger partial charge in [0.1, 0.15) is 17.2 Å². The maximum absolute atomic E-state index is 12.7. The van der Waals surface area contributed by atoms with Crippen LogP contribution in [0.1, 0.15) is 5.56 Å². The molecule has 0 unspecified atom stereocenters. The molecule has 4 aromatic rings. The van der Waals surface area contributed by atoms with Gasteiger partial charge in [-0.25, -0.2) is 4.68 Å². The Morgan fingerprint density at radius 2 is 1.22 bits per heavy atom. The highest BCUT2D eigenvalue weighted by Gasteiger charge is 2.48. The van der Waals surface area contributed by atoms with E-state index in [0.29, 0.717) is 34.1 Å². The molecule has 11 heteroatoms. The van der Waals surface area contributed by atoms with Crippen molar-refractivity contribution in [3.8, 4) is 45.5 Å². The molecule has 4 rings (SSSR count). The Balaban J connectivity index is 1.81. The zero-order chi connectivity index (χ0) is 26.1. The molecule has 36 heavy (non-hydrogen) atoms. The molecule has 0 amide bonds. The molecule has 0 bridgehead atoms. The third-order valence-electron chi connectivity index (χ3n) is 5.42. The molecular weight excluding hydrogens is 497 g/mol. The van der Waals surface area contributed by atoms with Gasteiger partial charge in [-0.15, -0.1) is 0 Å². The zero-order valence-corrected chi connectivity index (χ0v) is 20.2. The summed E-state index contributed by atoms with van der Waals surface area (Å²) < 4.78 is 77.1. The first-order chi connectivity index (χ1) is 17.0. The molecule has 0 atom stereocenters. The van der Waals surface area contributed by atoms with E-state index in [1.54, 1.807) is 31.0 Å². The second kappa shape index (κ2) is 9.57. The molecular formula is C25H21F3N2O5S. The Hall–Kier alpha value is -3.99. The van der Waals surface area contributed by atoms with Crippen LogP contribution in [0.3, 0.4) is 0 Å². The van der Waals surface area contributed by atoms with E-state index >= 15 is 0 Å². The first-order valence-electron chi connectivity index (χ1n) is 10.5. The van der Waals surface area contributed by atoms with Crippen molar-refractivity contribution in [2.45, 2.75) is 12.4 Å². The van der Waals surface area contributed by atoms with Gasteiger partial charge in [-0.3, -0.25) is 0 Å². The van der Waals surface area contributed by atoms with Crippen molar-refractivity contribution < 1.29 is 35.2 Å². The van der Waals surface area contributed by atoms with Gasteiger partial charge in [0.2, 0.25) is 0 Å². The second-order valence-corrected chi connectivity index (χ2v) is 9.21. The average molecular weight is 519 g/mol. The number of hydrogen-bond acceptors (Lipinski definition) is 6. The lowest BCUT2D eigenvalue weighted by Gasteiger charge is -2.12. The summed E-state index contributed by atoms with van der Waals surface area (Å²) in [5, 5.41) is 4.81. The first kappa shape index (κ1) is 25.1. The SMILES string of the molecule is COc1ccc(-c2nn(-c3ccc(OC)cc3)c(-c3ccc(OS(=O)(=O)C(F)(F)F)cc3)c2C)cc1. The lowest BCUT2D eigenvalue weighted by molar-refractivity contribution is -0.0500. The molecule has 0 aliphatic rings. The van der Waals surface area contributed by atoms with Gasteiger partial charge in [-0.05, 0) is 79.7 Å². The topological polar surface area (TPSA) is 79.7 Å². The summed E-state index contributed by atoms with van der Waals surface area (Å²) in [5.74, 6) is 0.891. The van der Waals surface area contributed by atoms with E-state index in [0.717, 1.165) is 23.3 Å². The highest BCUT2D eigenvalue weighted by atomic mass is 32.2. The summed E-state index contributed by atoms with van der Waals surface area (Å²) in [6.45, 7) is 1.88. The molecule has 0 radical (unpaired) electrons. The van der Waals surface area contributed by atoms with Crippen molar-refractivity contribution in [3.63, 3.8) is 0 Å². The third kappa shape index (κ3) is 4.87. The Morgan fingerprint density at radius 1 is 0.750 bits per heavy atom. The van der Waals surface area contributed by atoms with E-state index in [9.17, 15) is 21.6 Å². The second-order valence-electron chi connectivity index (χ2n) is 7.67. The largest absolute Gasteiger partial charge is 0.534 e. The monoisotopic (exact) mass is 518 g/mol. The summed E-state index contributed by atoms with van der Waals surface area (Å²) >= 11 is 0. The van der Waals surface area contributed by atoms with E-state index in [4.69, 9.17) is 14.6 Å². The van der Waals surface area contributed by atoms with E-state index in [2.05, 4.69) is 4.18 Å². The minimum atomic E-state index is -5.77. The molecule has 0 fully saturated rings. The summed E-state index contributed by atoms with van der Waals surface area (Å²) in [4.78, 5) is 0. The molecule has 0 saturated heterocycles. The fraction of sp³-hybridized carbons (Fsp3) is 0.160. The maximum Gasteiger partial charge on any atom is 0.534 e. The number of rotatable bonds is 7. The Labute approximate surface area is 205 Å². The normalized spacial score (nSPS) is 11.8. The van der Waals surface area contributed by atoms with Gasteiger partial charge in [0.15, 0.2) is 0 Å². The van der Waals surface area contributed by atoms with Crippen molar-refractivity contribution in [2.75, 3.05) is 14.2 Å². The number of ether oxygens (including phenoxy) is 2. The minimum Gasteiger partial charge on any atom is -0.497 e. The van der Waals surface area contributed by atoms with Crippen molar-refractivity contribution in [2.24, 2.45) is 0 Å². The van der Waals surface area contributed by atoms with Crippen molar-refractivity contribution in [3.05, 3.63) is 78.4 Å². The predicted octanol–water partition coefficient (Wildman–Crippen LogP) is 5.76. The Kier molecular flexibility index (Phi) is 6.68. The van der Waals surface area contributed by atoms with Crippen LogP contribution < -0.4 is 13.7 Å². The highest BCUT2D eigenvalue weighted by molar-refractivity contribution is 7.88. The number of nitrogens with zero attached hydrogens (tertiary/aromatic N) is 2. The molecule has 3 aromatic carbocycles. The average Bonchev–Trinajstić information content (AvgIpc) is 3.20. The molecule has 0 aliphatic carbocycles. The van der Waals surface area contributed by atoms with E-state index in [1.807, 2.05) is 43.3 Å². The summed E-state index contributed by atoms with van der Waals surface area (Å²) in [5.41, 5.74) is -1.24. The van der Waals surface area contributed by atoms with Crippen LogP contribution in [0.25, 0.3) is 28.2 Å². The number of halogens is 3. The van der Waals surface area contributed by atoms with Gasteiger partial charge in [0.25, 0.3) is 0 Å². The Bertz CT molecular complexity index is 1460. The number of aromatic nitrogens is 2. The van der Waals surface area contributed by atoms with Gasteiger partial charge in [0.05, 0.1) is 31.3 Å². The molecule has 0 aliphatic heterocycles. The van der Waals surface area contributed by atoms with Crippen LogP contribution >= 0.6 is 0 Å². The third-order valence-corrected chi connectivity index (χ3v) is 6.40. The Morgan fingerprint density at radius 3 is 1.72 bits per heavy atom. The zero-order valence-electron chi connectivity index (χ0n) is 19.4. The van der Waals surface area contributed by atoms with Crippen LogP contribution in [0.5, 0.6) is 17.2 Å². The number of hydrogen-bond donors (Lipinski definition) is 0. The number of benzene rings is 3. The fourth-order valence-corrected chi connectivity index (χ4v) is 4.07. The van der Waals surface area contributed by atoms with Crippen LogP contribution in [-0.4, -0.2) is 37.9 Å². The summed E-state index contributed by atoms with van der Waals surface area (Å²) in [6, 6.07) is 19.8. The van der Waals surface area contributed by atoms with E-state index in [-0.39, 0.29) is 0 Å². The molecule has 1 aromatic heterocycles. The molecule has 0 saturated carbocycles. The minimum absolute atomic E-state index is 0.459. The predicted molar refractivity (Wildman–Crippen MR) is 128 cm³/mol. The summed E-state index contributed by atoms with van der Waals surface area (Å²) in [7, 11) is -2.64. The molecule has 0 spiro atoms. The van der Waals surface area contributed by atoms with Crippen LogP contribution in [0.2, 0.25) is 0 Å². The van der Waals surface area contributed by atoms with Gasteiger partial charge < -0.3 is 13.7 Å². The number of methoxy groups -OCH3 is 2. The smallest absolute Gasteiger partial charge is 0.497 e. The van der Waals surface area contributed by atoms with Crippen LogP contribution in [0.4, 0.5) is 13.2 Å². The lowest BCUT2D eigenvalue weighted by atomic mass is 10.0. The molecule has 188 valence electrons. The molecule has 1 heterocycles. The van der Waals surface area contributed by atoms with Crippen molar-refractivity contribution in [1.82, 2.24) is 9.78 Å². The van der Waals surface area contributed by atoms with Gasteiger partial charge in [-0.1, -0.05) is 0 Å². The lowest BCUT2D eigenvalue weighted by Crippen LogP contribution is -2.28. The standard InChI is InChI=1S/C25H21F3N2O5S/c1-16-23(17-4-10-20(33-2)11-5-17)29-30(19-8-14-21(34-3)15-9-19)24(16)18-6-12-22(13-7-18)35-36(31,32)25(26,27)28/h4-15H,1-3H3. The first-order valence-corrected chi connectivity index (χ1v) is 11.9. The van der Waals surface area contributed by atoms with Crippen molar-refractivity contribution >= 4 is 10.1 Å². The van der Waals surface area contributed by atoms with Gasteiger partial charge in [0, 0.05) is 16.7 Å². The number of alkyl halides is 3. The van der Waals surface area contributed by atoms with Crippen molar-refractivity contribution in [1.29, 1.82) is 0 Å². The van der Waals surface area contributed by atoms with Crippen LogP contribution in [0.15, 0.2) is 72.8 Å². The maximum atomic E-state index is 12.7. The summed E-state index contributed by atoms with van der Waals surface area (Å²) in [6.07, 6.45) is 0. The van der Waals surface area contributed by atoms with Gasteiger partial charge >= 0.3 is 15.6 Å². The van der Waals surface area contributed by atoms with E-state index in [1.165, 1.54) is 12.1 Å². The van der Waals surface area contributed by atoms with Crippen LogP contribution in [0, 0.1) is 6.92 Å². The molecule has 0 N–H and O–H groups in total. The van der Waals surface area contributed by atoms with Gasteiger partial charge in [-0.2, -0.15) is 26.7 Å². The fourth-order valence-electron chi connectivity index (χ4n) is 3.61. The molecule has 7 nitrogen and oxygen atoms in total. The quantitative estimate of drug-likeness (QED) is 0.229.